The first-order chi connectivity index (χ1) is 16.2. The molecule has 0 aromatic heterocycles. The molecule has 10 heteroatoms. The Morgan fingerprint density at radius 2 is 1.60 bits per heavy atom. The molecule has 1 aromatic carbocycles. The summed E-state index contributed by atoms with van der Waals surface area (Å²) in [4.78, 5) is 50.0. The van der Waals surface area contributed by atoms with Crippen LogP contribution in [0.3, 0.4) is 0 Å². The van der Waals surface area contributed by atoms with Crippen molar-refractivity contribution in [3.8, 4) is 0 Å². The average molecular weight is 493 g/mol. The molecule has 10 nitrogen and oxygen atoms in total. The lowest BCUT2D eigenvalue weighted by Gasteiger charge is -2.32. The van der Waals surface area contributed by atoms with Crippen molar-refractivity contribution in [2.24, 2.45) is 11.7 Å². The number of benzene rings is 1. The summed E-state index contributed by atoms with van der Waals surface area (Å²) in [6.07, 6.45) is -0.0980. The van der Waals surface area contributed by atoms with Crippen molar-refractivity contribution in [3.63, 3.8) is 0 Å². The van der Waals surface area contributed by atoms with Crippen LogP contribution in [0.15, 0.2) is 30.3 Å². The largest absolute Gasteiger partial charge is 0.467 e. The third-order valence-corrected chi connectivity index (χ3v) is 5.03. The standard InChI is InChI=1S/C25H40N4O6/c1-15(2)13-19(22(31)27-16(3)23(32)34-7)28-20(21(26)30)18(14-17-11-9-8-10-12-17)29-24(33)35-25(4,5)6/h8-12,15-16,18-20,28H,13-14H2,1-7H3,(H2,26,30)(H,27,31)(H,29,33)/t16-,18-,19-,20+/m0/s1. The summed E-state index contributed by atoms with van der Waals surface area (Å²) >= 11 is 0. The van der Waals surface area contributed by atoms with Gasteiger partial charge in [-0.3, -0.25) is 14.9 Å². The normalized spacial score (nSPS) is 14.9. The Kier molecular flexibility index (Phi) is 11.7. The van der Waals surface area contributed by atoms with E-state index in [0.717, 1.165) is 5.56 Å². The Labute approximate surface area is 207 Å². The Morgan fingerprint density at radius 1 is 1.00 bits per heavy atom. The Morgan fingerprint density at radius 3 is 2.09 bits per heavy atom. The van der Waals surface area contributed by atoms with Crippen LogP contribution in [0.4, 0.5) is 4.79 Å². The number of hydrogen-bond acceptors (Lipinski definition) is 7. The highest BCUT2D eigenvalue weighted by Crippen LogP contribution is 2.13. The molecule has 1 rings (SSSR count). The van der Waals surface area contributed by atoms with Crippen LogP contribution in [-0.2, 0) is 30.3 Å². The molecule has 4 atom stereocenters. The molecule has 0 aliphatic heterocycles. The van der Waals surface area contributed by atoms with E-state index in [1.54, 1.807) is 20.8 Å². The van der Waals surface area contributed by atoms with E-state index in [1.807, 2.05) is 44.2 Å². The number of amides is 3. The Bertz CT molecular complexity index is 853. The van der Waals surface area contributed by atoms with Gasteiger partial charge in [-0.1, -0.05) is 44.2 Å². The van der Waals surface area contributed by atoms with Gasteiger partial charge in [0.05, 0.1) is 19.2 Å². The second-order valence-electron chi connectivity index (χ2n) is 9.92. The molecule has 0 fully saturated rings. The number of ether oxygens (including phenoxy) is 2. The van der Waals surface area contributed by atoms with E-state index in [2.05, 4.69) is 20.7 Å². The van der Waals surface area contributed by atoms with Gasteiger partial charge in [-0.05, 0) is 52.0 Å². The third-order valence-electron chi connectivity index (χ3n) is 5.03. The zero-order valence-electron chi connectivity index (χ0n) is 21.7. The highest BCUT2D eigenvalue weighted by atomic mass is 16.6. The number of methoxy groups -OCH3 is 1. The number of primary amides is 1. The number of carbonyl (C=O) groups is 4. The lowest BCUT2D eigenvalue weighted by atomic mass is 9.96. The molecule has 0 radical (unpaired) electrons. The van der Waals surface area contributed by atoms with Gasteiger partial charge in [-0.25, -0.2) is 9.59 Å². The first kappa shape index (κ1) is 29.9. The van der Waals surface area contributed by atoms with Crippen LogP contribution in [0.5, 0.6) is 0 Å². The van der Waals surface area contributed by atoms with Crippen LogP contribution in [0, 0.1) is 5.92 Å². The van der Waals surface area contributed by atoms with Crippen molar-refractivity contribution < 1.29 is 28.7 Å². The van der Waals surface area contributed by atoms with Gasteiger partial charge >= 0.3 is 12.1 Å². The van der Waals surface area contributed by atoms with Gasteiger partial charge in [-0.2, -0.15) is 0 Å². The molecule has 3 amide bonds. The molecule has 5 N–H and O–H groups in total. The van der Waals surface area contributed by atoms with Gasteiger partial charge in [0, 0.05) is 0 Å². The first-order valence-corrected chi connectivity index (χ1v) is 11.7. The summed E-state index contributed by atoms with van der Waals surface area (Å²) < 4.78 is 10.1. The van der Waals surface area contributed by atoms with Gasteiger partial charge in [0.2, 0.25) is 11.8 Å². The number of alkyl carbamates (subject to hydrolysis) is 1. The van der Waals surface area contributed by atoms with Crippen molar-refractivity contribution in [2.45, 2.75) is 84.2 Å². The molecule has 0 unspecified atom stereocenters. The molecule has 196 valence electrons. The molecule has 0 bridgehead atoms. The lowest BCUT2D eigenvalue weighted by molar-refractivity contribution is -0.145. The molecule has 0 aliphatic rings. The van der Waals surface area contributed by atoms with E-state index in [-0.39, 0.29) is 12.3 Å². The van der Waals surface area contributed by atoms with E-state index in [0.29, 0.717) is 6.42 Å². The first-order valence-electron chi connectivity index (χ1n) is 11.7. The van der Waals surface area contributed by atoms with Crippen LogP contribution in [0.1, 0.15) is 53.5 Å². The number of carbonyl (C=O) groups excluding carboxylic acids is 4. The molecule has 0 spiro atoms. The summed E-state index contributed by atoms with van der Waals surface area (Å²) in [7, 11) is 1.23. The van der Waals surface area contributed by atoms with Gasteiger partial charge in [0.15, 0.2) is 0 Å². The van der Waals surface area contributed by atoms with Crippen molar-refractivity contribution in [1.82, 2.24) is 16.0 Å². The van der Waals surface area contributed by atoms with Crippen molar-refractivity contribution in [1.29, 1.82) is 0 Å². The summed E-state index contributed by atoms with van der Waals surface area (Å²) in [5, 5.41) is 8.37. The number of rotatable bonds is 12. The zero-order valence-corrected chi connectivity index (χ0v) is 21.7. The van der Waals surface area contributed by atoms with Gasteiger partial charge in [0.25, 0.3) is 0 Å². The van der Waals surface area contributed by atoms with E-state index >= 15 is 0 Å². The number of hydrogen-bond donors (Lipinski definition) is 4. The molecule has 0 aliphatic carbocycles. The topological polar surface area (TPSA) is 149 Å². The predicted octanol–water partition coefficient (Wildman–Crippen LogP) is 1.66. The van der Waals surface area contributed by atoms with E-state index in [1.165, 1.54) is 14.0 Å². The maximum absolute atomic E-state index is 13.0. The van der Waals surface area contributed by atoms with Crippen molar-refractivity contribution in [3.05, 3.63) is 35.9 Å². The Balaban J connectivity index is 3.23. The second kappa shape index (κ2) is 13.7. The van der Waals surface area contributed by atoms with Crippen molar-refractivity contribution in [2.75, 3.05) is 7.11 Å². The summed E-state index contributed by atoms with van der Waals surface area (Å²) in [5.41, 5.74) is 5.85. The fourth-order valence-electron chi connectivity index (χ4n) is 3.46. The molecule has 0 saturated carbocycles. The SMILES string of the molecule is COC(=O)[C@H](C)NC(=O)[C@H](CC(C)C)N[C@@H](C(N)=O)[C@H](Cc1ccccc1)NC(=O)OC(C)(C)C. The molecular weight excluding hydrogens is 452 g/mol. The molecule has 35 heavy (non-hydrogen) atoms. The summed E-state index contributed by atoms with van der Waals surface area (Å²) in [6.45, 7) is 10.5. The van der Waals surface area contributed by atoms with E-state index in [9.17, 15) is 19.2 Å². The quantitative estimate of drug-likeness (QED) is 0.324. The maximum atomic E-state index is 13.0. The summed E-state index contributed by atoms with van der Waals surface area (Å²) in [6, 6.07) is 5.60. The van der Waals surface area contributed by atoms with Crippen LogP contribution < -0.4 is 21.7 Å². The minimum atomic E-state index is -1.11. The fraction of sp³-hybridized carbons (Fsp3) is 0.600. The van der Waals surface area contributed by atoms with Crippen molar-refractivity contribution >= 4 is 23.9 Å². The smallest absolute Gasteiger partial charge is 0.407 e. The van der Waals surface area contributed by atoms with Gasteiger partial charge in [-0.15, -0.1) is 0 Å². The minimum absolute atomic E-state index is 0.0756. The van der Waals surface area contributed by atoms with E-state index < -0.39 is 53.6 Å². The second-order valence-corrected chi connectivity index (χ2v) is 9.92. The average Bonchev–Trinajstić information content (AvgIpc) is 2.74. The van der Waals surface area contributed by atoms with Gasteiger partial charge in [0.1, 0.15) is 17.7 Å². The number of esters is 1. The lowest BCUT2D eigenvalue weighted by Crippen LogP contribution is -2.62. The highest BCUT2D eigenvalue weighted by Gasteiger charge is 2.34. The maximum Gasteiger partial charge on any atom is 0.407 e. The number of nitrogens with one attached hydrogen (secondary N) is 3. The van der Waals surface area contributed by atoms with Crippen LogP contribution in [0.2, 0.25) is 0 Å². The molecule has 0 heterocycles. The van der Waals surface area contributed by atoms with Crippen LogP contribution >= 0.6 is 0 Å². The van der Waals surface area contributed by atoms with Crippen LogP contribution in [-0.4, -0.2) is 60.8 Å². The van der Waals surface area contributed by atoms with E-state index in [4.69, 9.17) is 10.5 Å². The number of nitrogens with two attached hydrogens (primary N) is 1. The summed E-state index contributed by atoms with van der Waals surface area (Å²) in [5.74, 6) is -1.75. The minimum Gasteiger partial charge on any atom is -0.467 e. The zero-order chi connectivity index (χ0) is 26.8. The molecule has 1 aromatic rings. The molecule has 0 saturated heterocycles. The van der Waals surface area contributed by atoms with Crippen LogP contribution in [0.25, 0.3) is 0 Å². The monoisotopic (exact) mass is 492 g/mol. The third kappa shape index (κ3) is 11.2. The van der Waals surface area contributed by atoms with Gasteiger partial charge < -0.3 is 25.8 Å². The predicted molar refractivity (Wildman–Crippen MR) is 132 cm³/mol. The highest BCUT2D eigenvalue weighted by molar-refractivity contribution is 5.88. The molecular formula is C25H40N4O6. The fourth-order valence-corrected chi connectivity index (χ4v) is 3.46. The Hall–Kier alpha value is -3.14.